The summed E-state index contributed by atoms with van der Waals surface area (Å²) in [5, 5.41) is 5.18. The molecule has 0 bridgehead atoms. The zero-order valence-electron chi connectivity index (χ0n) is 21.3. The van der Waals surface area contributed by atoms with Crippen molar-refractivity contribution >= 4 is 26.7 Å². The topological polar surface area (TPSA) is 106 Å². The van der Waals surface area contributed by atoms with Crippen molar-refractivity contribution in [2.75, 3.05) is 37.3 Å². The van der Waals surface area contributed by atoms with E-state index < -0.39 is 9.84 Å². The Morgan fingerprint density at radius 1 is 0.921 bits per heavy atom. The maximum absolute atomic E-state index is 11.8. The van der Waals surface area contributed by atoms with Gasteiger partial charge >= 0.3 is 0 Å². The Hall–Kier alpha value is -3.57. The maximum atomic E-state index is 11.8. The van der Waals surface area contributed by atoms with Crippen molar-refractivity contribution in [3.8, 4) is 11.6 Å². The lowest BCUT2D eigenvalue weighted by Crippen LogP contribution is -2.37. The van der Waals surface area contributed by atoms with E-state index in [-0.39, 0.29) is 11.0 Å². The molecular weight excluding hydrogens is 502 g/mol. The first-order valence-electron chi connectivity index (χ1n) is 12.9. The number of ether oxygens (including phenoxy) is 1. The van der Waals surface area contributed by atoms with E-state index in [0.29, 0.717) is 17.2 Å². The molecule has 2 aliphatic rings. The van der Waals surface area contributed by atoms with Crippen molar-refractivity contribution in [3.05, 3.63) is 67.2 Å². The van der Waals surface area contributed by atoms with Crippen molar-refractivity contribution in [3.63, 3.8) is 0 Å². The van der Waals surface area contributed by atoms with Crippen LogP contribution in [0.4, 0.5) is 5.82 Å². The van der Waals surface area contributed by atoms with Gasteiger partial charge in [0, 0.05) is 38.6 Å². The van der Waals surface area contributed by atoms with Crippen LogP contribution in [0.3, 0.4) is 0 Å². The van der Waals surface area contributed by atoms with Crippen LogP contribution in [0.25, 0.3) is 16.7 Å². The summed E-state index contributed by atoms with van der Waals surface area (Å²) in [6, 6.07) is 10.8. The van der Waals surface area contributed by atoms with Gasteiger partial charge in [-0.15, -0.1) is 0 Å². The average Bonchev–Trinajstić information content (AvgIpc) is 3.61. The summed E-state index contributed by atoms with van der Waals surface area (Å²) in [5.74, 6) is 1.58. The van der Waals surface area contributed by atoms with Crippen LogP contribution < -0.4 is 9.64 Å². The number of piperidine rings is 1. The molecule has 2 saturated heterocycles. The SMILES string of the molecule is CS(=O)(=O)c1ccc(-n2ncc3c(OC4CCN([CH]c5ccc(N6CCCC6)nc5)CC4)ncnc32)cc1. The van der Waals surface area contributed by atoms with Gasteiger partial charge in [-0.3, -0.25) is 4.90 Å². The number of anilines is 1. The van der Waals surface area contributed by atoms with Gasteiger partial charge < -0.3 is 9.64 Å². The molecule has 0 unspecified atom stereocenters. The van der Waals surface area contributed by atoms with Crippen LogP contribution in [0.5, 0.6) is 5.88 Å². The van der Waals surface area contributed by atoms with Gasteiger partial charge in [-0.05, 0) is 61.6 Å². The van der Waals surface area contributed by atoms with Gasteiger partial charge in [0.2, 0.25) is 5.88 Å². The van der Waals surface area contributed by atoms with Crippen LogP contribution in [-0.4, -0.2) is 76.6 Å². The minimum Gasteiger partial charge on any atom is -0.474 e. The average molecular weight is 533 g/mol. The van der Waals surface area contributed by atoms with Gasteiger partial charge in [0.15, 0.2) is 15.5 Å². The zero-order chi connectivity index (χ0) is 26.1. The smallest absolute Gasteiger partial charge is 0.228 e. The second-order valence-electron chi connectivity index (χ2n) is 9.86. The van der Waals surface area contributed by atoms with Crippen LogP contribution >= 0.6 is 0 Å². The summed E-state index contributed by atoms with van der Waals surface area (Å²) >= 11 is 0. The van der Waals surface area contributed by atoms with E-state index in [1.807, 2.05) is 6.20 Å². The summed E-state index contributed by atoms with van der Waals surface area (Å²) in [7, 11) is -3.27. The number of hydrogen-bond acceptors (Lipinski definition) is 9. The van der Waals surface area contributed by atoms with E-state index in [9.17, 15) is 8.42 Å². The number of fused-ring (bicyclic) bond motifs is 1. The quantitative estimate of drug-likeness (QED) is 0.354. The number of rotatable bonds is 7. The van der Waals surface area contributed by atoms with Crippen LogP contribution in [0.1, 0.15) is 31.2 Å². The van der Waals surface area contributed by atoms with Crippen molar-refractivity contribution < 1.29 is 13.2 Å². The molecule has 0 atom stereocenters. The fourth-order valence-electron chi connectivity index (χ4n) is 5.04. The molecule has 5 heterocycles. The third-order valence-corrected chi connectivity index (χ3v) is 8.25. The molecule has 3 aromatic heterocycles. The van der Waals surface area contributed by atoms with Crippen LogP contribution in [0.15, 0.2) is 60.0 Å². The van der Waals surface area contributed by atoms with Crippen LogP contribution in [0, 0.1) is 6.54 Å². The largest absolute Gasteiger partial charge is 0.474 e. The van der Waals surface area contributed by atoms with E-state index in [1.54, 1.807) is 35.1 Å². The molecule has 0 amide bonds. The zero-order valence-corrected chi connectivity index (χ0v) is 22.1. The minimum absolute atomic E-state index is 0.0470. The van der Waals surface area contributed by atoms with Gasteiger partial charge in [-0.25, -0.2) is 28.1 Å². The first-order valence-corrected chi connectivity index (χ1v) is 14.8. The second kappa shape index (κ2) is 10.3. The minimum atomic E-state index is -3.27. The molecule has 2 aliphatic heterocycles. The summed E-state index contributed by atoms with van der Waals surface area (Å²) in [6.07, 6.45) is 10.6. The number of hydrogen-bond donors (Lipinski definition) is 0. The fraction of sp³-hybridized carbons (Fsp3) is 0.370. The van der Waals surface area contributed by atoms with Gasteiger partial charge in [-0.1, -0.05) is 6.07 Å². The van der Waals surface area contributed by atoms with Crippen LogP contribution in [0.2, 0.25) is 0 Å². The molecule has 0 N–H and O–H groups in total. The molecule has 197 valence electrons. The highest BCUT2D eigenvalue weighted by molar-refractivity contribution is 7.90. The monoisotopic (exact) mass is 532 g/mol. The number of sulfone groups is 1. The number of pyridine rings is 1. The van der Waals surface area contributed by atoms with Crippen LogP contribution in [-0.2, 0) is 9.84 Å². The molecule has 0 spiro atoms. The Labute approximate surface area is 222 Å². The number of aromatic nitrogens is 5. The Kier molecular flexibility index (Phi) is 6.71. The first kappa shape index (κ1) is 24.7. The van der Waals surface area contributed by atoms with Crippen molar-refractivity contribution in [2.24, 2.45) is 0 Å². The third-order valence-electron chi connectivity index (χ3n) is 7.13. The van der Waals surface area contributed by atoms with Crippen molar-refractivity contribution in [2.45, 2.75) is 36.7 Å². The van der Waals surface area contributed by atoms with Gasteiger partial charge in [0.05, 0.1) is 23.3 Å². The highest BCUT2D eigenvalue weighted by Gasteiger charge is 2.23. The van der Waals surface area contributed by atoms with E-state index in [0.717, 1.165) is 55.8 Å². The highest BCUT2D eigenvalue weighted by atomic mass is 32.2. The molecule has 38 heavy (non-hydrogen) atoms. The molecule has 2 fully saturated rings. The van der Waals surface area contributed by atoms with E-state index in [1.165, 1.54) is 25.4 Å². The van der Waals surface area contributed by atoms with Gasteiger partial charge in [-0.2, -0.15) is 5.10 Å². The predicted molar refractivity (Wildman–Crippen MR) is 144 cm³/mol. The lowest BCUT2D eigenvalue weighted by atomic mass is 10.1. The molecule has 10 nitrogen and oxygen atoms in total. The molecule has 6 rings (SSSR count). The van der Waals surface area contributed by atoms with E-state index in [4.69, 9.17) is 4.74 Å². The fourth-order valence-corrected chi connectivity index (χ4v) is 5.67. The van der Waals surface area contributed by atoms with Gasteiger partial charge in [0.25, 0.3) is 0 Å². The summed E-state index contributed by atoms with van der Waals surface area (Å²) < 4.78 is 31.5. The van der Waals surface area contributed by atoms with E-state index >= 15 is 0 Å². The number of nitrogens with zero attached hydrogens (tertiary/aromatic N) is 7. The summed E-state index contributed by atoms with van der Waals surface area (Å²) in [5.41, 5.74) is 2.43. The first-order chi connectivity index (χ1) is 18.4. The van der Waals surface area contributed by atoms with Crippen molar-refractivity contribution in [1.82, 2.24) is 29.6 Å². The lowest BCUT2D eigenvalue weighted by molar-refractivity contribution is 0.114. The molecular formula is C27H30N7O3S. The second-order valence-corrected chi connectivity index (χ2v) is 11.9. The predicted octanol–water partition coefficient (Wildman–Crippen LogP) is 3.27. The Morgan fingerprint density at radius 2 is 1.68 bits per heavy atom. The van der Waals surface area contributed by atoms with Gasteiger partial charge in [0.1, 0.15) is 23.6 Å². The highest BCUT2D eigenvalue weighted by Crippen LogP contribution is 2.27. The lowest BCUT2D eigenvalue weighted by Gasteiger charge is -2.31. The summed E-state index contributed by atoms with van der Waals surface area (Å²) in [6.45, 7) is 6.15. The van der Waals surface area contributed by atoms with E-state index in [2.05, 4.69) is 48.5 Å². The molecule has 0 saturated carbocycles. The molecule has 4 aromatic rings. The molecule has 1 aromatic carbocycles. The summed E-state index contributed by atoms with van der Waals surface area (Å²) in [4.78, 5) is 18.4. The Bertz CT molecular complexity index is 1510. The third kappa shape index (κ3) is 5.21. The number of benzene rings is 1. The molecule has 11 heteroatoms. The van der Waals surface area contributed by atoms with Crippen molar-refractivity contribution in [1.29, 1.82) is 0 Å². The normalized spacial score (nSPS) is 17.3. The number of likely N-dealkylation sites (tertiary alicyclic amines) is 1. The molecule has 0 aliphatic carbocycles. The standard InChI is InChI=1S/C27H30N7O3S/c1-38(35,36)23-7-5-21(6-8-23)34-26-24(17-31-34)27(30-19-29-26)37-22-10-14-32(15-11-22)18-20-4-9-25(28-16-20)33-12-2-3-13-33/h4-9,16-19,22H,2-3,10-15H2,1H3. The Balaban J connectivity index is 1.08. The Morgan fingerprint density at radius 3 is 2.37 bits per heavy atom. The maximum Gasteiger partial charge on any atom is 0.228 e. The molecule has 1 radical (unpaired) electrons.